The Morgan fingerprint density at radius 1 is 1.22 bits per heavy atom. The highest BCUT2D eigenvalue weighted by molar-refractivity contribution is 7.99. The molecule has 0 aliphatic rings. The van der Waals surface area contributed by atoms with Crippen molar-refractivity contribution in [3.63, 3.8) is 0 Å². The summed E-state index contributed by atoms with van der Waals surface area (Å²) in [5.41, 5.74) is 1.59. The van der Waals surface area contributed by atoms with E-state index in [9.17, 15) is 9.59 Å². The zero-order valence-electron chi connectivity index (χ0n) is 14.7. The minimum atomic E-state index is -0.314. The molecule has 2 aromatic carbocycles. The molecule has 140 valence electrons. The molecule has 27 heavy (non-hydrogen) atoms. The first-order valence-electron chi connectivity index (χ1n) is 8.46. The van der Waals surface area contributed by atoms with E-state index in [0.717, 1.165) is 11.1 Å². The van der Waals surface area contributed by atoms with Gasteiger partial charge in [0.2, 0.25) is 5.91 Å². The van der Waals surface area contributed by atoms with E-state index in [1.165, 1.54) is 16.3 Å². The number of aromatic amines is 1. The van der Waals surface area contributed by atoms with E-state index in [1.807, 2.05) is 55.5 Å². The van der Waals surface area contributed by atoms with Crippen molar-refractivity contribution in [1.82, 2.24) is 20.1 Å². The maximum absolute atomic E-state index is 12.6. The van der Waals surface area contributed by atoms with E-state index in [0.29, 0.717) is 16.7 Å². The predicted octanol–water partition coefficient (Wildman–Crippen LogP) is 3.24. The van der Waals surface area contributed by atoms with Crippen molar-refractivity contribution in [2.75, 3.05) is 5.75 Å². The van der Waals surface area contributed by atoms with Crippen LogP contribution in [0.1, 0.15) is 24.1 Å². The van der Waals surface area contributed by atoms with E-state index in [4.69, 9.17) is 11.6 Å². The molecule has 0 aliphatic heterocycles. The highest BCUT2D eigenvalue weighted by Crippen LogP contribution is 2.25. The van der Waals surface area contributed by atoms with Gasteiger partial charge in [0, 0.05) is 11.6 Å². The van der Waals surface area contributed by atoms with Gasteiger partial charge in [-0.05, 0) is 30.2 Å². The second-order valence-corrected chi connectivity index (χ2v) is 7.19. The lowest BCUT2D eigenvalue weighted by molar-refractivity contribution is -0.119. The van der Waals surface area contributed by atoms with Gasteiger partial charge in [-0.25, -0.2) is 9.89 Å². The second-order valence-electron chi connectivity index (χ2n) is 5.81. The van der Waals surface area contributed by atoms with Crippen molar-refractivity contribution < 1.29 is 4.79 Å². The first-order chi connectivity index (χ1) is 13.1. The molecule has 3 rings (SSSR count). The van der Waals surface area contributed by atoms with Crippen LogP contribution in [0.25, 0.3) is 0 Å². The highest BCUT2D eigenvalue weighted by Gasteiger charge is 2.18. The summed E-state index contributed by atoms with van der Waals surface area (Å²) in [6, 6.07) is 16.8. The topological polar surface area (TPSA) is 79.8 Å². The largest absolute Gasteiger partial charge is 0.344 e. The number of hydrogen-bond acceptors (Lipinski definition) is 4. The van der Waals surface area contributed by atoms with Crippen molar-refractivity contribution in [1.29, 1.82) is 0 Å². The fourth-order valence-electron chi connectivity index (χ4n) is 2.72. The summed E-state index contributed by atoms with van der Waals surface area (Å²) in [7, 11) is 0. The molecule has 2 N–H and O–H groups in total. The van der Waals surface area contributed by atoms with Gasteiger partial charge in [0.05, 0.1) is 11.8 Å². The van der Waals surface area contributed by atoms with Gasteiger partial charge in [-0.1, -0.05) is 65.8 Å². The van der Waals surface area contributed by atoms with E-state index >= 15 is 0 Å². The smallest absolute Gasteiger partial charge is 0.343 e. The fraction of sp³-hybridized carbons (Fsp3) is 0.211. The summed E-state index contributed by atoms with van der Waals surface area (Å²) in [5.74, 6) is -0.0132. The maximum Gasteiger partial charge on any atom is 0.343 e. The van der Waals surface area contributed by atoms with Crippen LogP contribution in [0.15, 0.2) is 64.5 Å². The van der Waals surface area contributed by atoms with Gasteiger partial charge in [-0.15, -0.1) is 5.10 Å². The van der Waals surface area contributed by atoms with Crippen LogP contribution >= 0.6 is 23.4 Å². The van der Waals surface area contributed by atoms with Crippen LogP contribution in [-0.2, 0) is 11.3 Å². The molecule has 6 nitrogen and oxygen atoms in total. The summed E-state index contributed by atoms with van der Waals surface area (Å²) in [6.45, 7) is 2.35. The quantitative estimate of drug-likeness (QED) is 0.594. The summed E-state index contributed by atoms with van der Waals surface area (Å²) >= 11 is 7.35. The molecule has 0 spiro atoms. The van der Waals surface area contributed by atoms with Gasteiger partial charge >= 0.3 is 5.69 Å². The molecule has 0 saturated heterocycles. The van der Waals surface area contributed by atoms with Crippen LogP contribution in [0, 0.1) is 0 Å². The average molecular weight is 403 g/mol. The van der Waals surface area contributed by atoms with Crippen LogP contribution in [0.3, 0.4) is 0 Å². The Morgan fingerprint density at radius 3 is 2.67 bits per heavy atom. The molecule has 1 unspecified atom stereocenters. The zero-order valence-corrected chi connectivity index (χ0v) is 16.3. The number of amides is 1. The third-order valence-corrected chi connectivity index (χ3v) is 5.20. The molecule has 1 heterocycles. The third-order valence-electron chi connectivity index (χ3n) is 3.99. The molecule has 3 aromatic rings. The number of aromatic nitrogens is 3. The number of carbonyl (C=O) groups excluding carboxylic acids is 1. The minimum Gasteiger partial charge on any atom is -0.344 e. The number of carbonyl (C=O) groups is 1. The molecule has 8 heteroatoms. The lowest BCUT2D eigenvalue weighted by Crippen LogP contribution is -2.30. The van der Waals surface area contributed by atoms with Crippen LogP contribution in [0.4, 0.5) is 0 Å². The lowest BCUT2D eigenvalue weighted by atomic mass is 9.99. The highest BCUT2D eigenvalue weighted by atomic mass is 35.5. The Hall–Kier alpha value is -2.51. The minimum absolute atomic E-state index is 0.147. The van der Waals surface area contributed by atoms with E-state index in [2.05, 4.69) is 15.5 Å². The van der Waals surface area contributed by atoms with Crippen molar-refractivity contribution in [2.45, 2.75) is 24.7 Å². The summed E-state index contributed by atoms with van der Waals surface area (Å²) in [5, 5.41) is 10.5. The Kier molecular flexibility index (Phi) is 6.36. The molecular formula is C19H19ClN4O2S. The predicted molar refractivity (Wildman–Crippen MR) is 107 cm³/mol. The number of hydrogen-bond donors (Lipinski definition) is 2. The van der Waals surface area contributed by atoms with Crippen LogP contribution in [-0.4, -0.2) is 26.4 Å². The van der Waals surface area contributed by atoms with Gasteiger partial charge in [-0.3, -0.25) is 9.36 Å². The lowest BCUT2D eigenvalue weighted by Gasteiger charge is -2.20. The van der Waals surface area contributed by atoms with Gasteiger partial charge in [0.25, 0.3) is 0 Å². The van der Waals surface area contributed by atoms with E-state index in [-0.39, 0.29) is 23.4 Å². The van der Waals surface area contributed by atoms with Gasteiger partial charge < -0.3 is 5.32 Å². The van der Waals surface area contributed by atoms with Crippen LogP contribution in [0.5, 0.6) is 0 Å². The summed E-state index contributed by atoms with van der Waals surface area (Å²) in [6.07, 6.45) is 0. The number of rotatable bonds is 7. The Bertz CT molecular complexity index is 971. The monoisotopic (exact) mass is 402 g/mol. The number of benzene rings is 2. The second kappa shape index (κ2) is 8.92. The molecule has 0 bridgehead atoms. The maximum atomic E-state index is 12.6. The van der Waals surface area contributed by atoms with Crippen LogP contribution < -0.4 is 11.0 Å². The van der Waals surface area contributed by atoms with E-state index < -0.39 is 0 Å². The third kappa shape index (κ3) is 4.81. The van der Waals surface area contributed by atoms with Gasteiger partial charge in [-0.2, -0.15) is 0 Å². The number of H-pyrrole nitrogens is 1. The molecule has 0 fully saturated rings. The number of nitrogens with zero attached hydrogens (tertiary/aromatic N) is 2. The molecule has 1 amide bonds. The summed E-state index contributed by atoms with van der Waals surface area (Å²) in [4.78, 5) is 24.2. The Balaban J connectivity index is 1.76. The van der Waals surface area contributed by atoms with Crippen LogP contribution in [0.2, 0.25) is 5.02 Å². The molecule has 1 aromatic heterocycles. The number of nitrogens with one attached hydrogen (secondary N) is 2. The molecule has 0 saturated carbocycles. The van der Waals surface area contributed by atoms with Crippen molar-refractivity contribution in [2.24, 2.45) is 0 Å². The molecule has 0 aliphatic carbocycles. The molecular weight excluding hydrogens is 384 g/mol. The molecule has 1 atom stereocenters. The first kappa shape index (κ1) is 19.3. The van der Waals surface area contributed by atoms with Gasteiger partial charge in [0.1, 0.15) is 0 Å². The Labute approximate surface area is 165 Å². The Morgan fingerprint density at radius 2 is 1.96 bits per heavy atom. The van der Waals surface area contributed by atoms with E-state index in [1.54, 1.807) is 6.07 Å². The number of halogens is 1. The average Bonchev–Trinajstić information content (AvgIpc) is 3.04. The van der Waals surface area contributed by atoms with Gasteiger partial charge in [0.15, 0.2) is 5.16 Å². The van der Waals surface area contributed by atoms with Crippen molar-refractivity contribution >= 4 is 29.3 Å². The molecule has 0 radical (unpaired) electrons. The first-order valence-corrected chi connectivity index (χ1v) is 9.82. The summed E-state index contributed by atoms with van der Waals surface area (Å²) < 4.78 is 1.49. The normalized spacial score (nSPS) is 11.9. The standard InChI is InChI=1S/C19H19ClN4O2S/c1-2-24-18(26)22-23-19(24)27-12-16(25)21-17(13-7-4-3-5-8-13)14-9-6-10-15(20)11-14/h3-11,17H,2,12H2,1H3,(H,21,25)(H,22,26). The SMILES string of the molecule is CCn1c(SCC(=O)NC(c2ccccc2)c2cccc(Cl)c2)n[nH]c1=O. The van der Waals surface area contributed by atoms with Crippen molar-refractivity contribution in [3.05, 3.63) is 81.2 Å². The fourth-order valence-corrected chi connectivity index (χ4v) is 3.74. The zero-order chi connectivity index (χ0) is 19.2. The number of thioether (sulfide) groups is 1. The van der Waals surface area contributed by atoms with Crippen molar-refractivity contribution in [3.8, 4) is 0 Å².